The van der Waals surface area contributed by atoms with E-state index in [1.165, 1.54) is 12.1 Å². The molecule has 0 aliphatic rings. The number of aryl methyl sites for hydroxylation is 1. The number of rotatable bonds is 3. The molecule has 0 aromatic heterocycles. The van der Waals surface area contributed by atoms with Crippen molar-refractivity contribution in [1.29, 1.82) is 0 Å². The van der Waals surface area contributed by atoms with Crippen molar-refractivity contribution >= 4 is 15.9 Å². The summed E-state index contributed by atoms with van der Waals surface area (Å²) in [6, 6.07) is 2.77. The zero-order chi connectivity index (χ0) is 11.6. The molecule has 0 fully saturated rings. The van der Waals surface area contributed by atoms with Crippen LogP contribution in [-0.2, 0) is 0 Å². The topological polar surface area (TPSA) is 0 Å². The molecule has 1 aromatic rings. The fourth-order valence-electron chi connectivity index (χ4n) is 1.79. The van der Waals surface area contributed by atoms with Crippen LogP contribution < -0.4 is 0 Å². The van der Waals surface area contributed by atoms with Crippen molar-refractivity contribution in [3.05, 3.63) is 34.9 Å². The van der Waals surface area contributed by atoms with Crippen molar-refractivity contribution in [2.75, 3.05) is 0 Å². The van der Waals surface area contributed by atoms with Gasteiger partial charge >= 0.3 is 0 Å². The third-order valence-electron chi connectivity index (χ3n) is 2.39. The third-order valence-corrected chi connectivity index (χ3v) is 2.77. The van der Waals surface area contributed by atoms with Crippen molar-refractivity contribution in [2.24, 2.45) is 0 Å². The van der Waals surface area contributed by atoms with Crippen LogP contribution in [0.15, 0.2) is 12.1 Å². The van der Waals surface area contributed by atoms with Gasteiger partial charge in [0, 0.05) is 10.4 Å². The molecule has 3 heteroatoms. The van der Waals surface area contributed by atoms with E-state index in [2.05, 4.69) is 15.9 Å². The highest BCUT2D eigenvalue weighted by Crippen LogP contribution is 2.28. The Morgan fingerprint density at radius 2 is 1.67 bits per heavy atom. The van der Waals surface area contributed by atoms with E-state index in [1.807, 2.05) is 13.8 Å². The van der Waals surface area contributed by atoms with E-state index >= 15 is 0 Å². The average molecular weight is 277 g/mol. The van der Waals surface area contributed by atoms with Crippen molar-refractivity contribution in [3.63, 3.8) is 0 Å². The van der Waals surface area contributed by atoms with E-state index in [0.717, 1.165) is 6.42 Å². The Hall–Kier alpha value is -0.440. The van der Waals surface area contributed by atoms with E-state index in [1.54, 1.807) is 6.92 Å². The smallest absolute Gasteiger partial charge is 0.129 e. The Morgan fingerprint density at radius 3 is 2.07 bits per heavy atom. The molecule has 1 rings (SSSR count). The molecule has 0 saturated heterocycles. The van der Waals surface area contributed by atoms with Gasteiger partial charge in [-0.15, -0.1) is 0 Å². The molecule has 0 aliphatic carbocycles. The summed E-state index contributed by atoms with van der Waals surface area (Å²) < 4.78 is 27.1. The van der Waals surface area contributed by atoms with Gasteiger partial charge in [0.1, 0.15) is 11.6 Å². The fraction of sp³-hybridized carbons (Fsp3) is 0.500. The quantitative estimate of drug-likeness (QED) is 0.711. The first-order valence-corrected chi connectivity index (χ1v) is 5.93. The third kappa shape index (κ3) is 3.26. The van der Waals surface area contributed by atoms with Gasteiger partial charge in [0.25, 0.3) is 0 Å². The molecule has 0 saturated carbocycles. The van der Waals surface area contributed by atoms with Crippen LogP contribution in [0.2, 0.25) is 0 Å². The standard InChI is InChI=1S/C12H15BrF2/c1-7-4-10(14)12(11(15)5-7)8(2)6-9(3)13/h4-5,8-9H,6H2,1-3H3. The minimum Gasteiger partial charge on any atom is -0.207 e. The maximum Gasteiger partial charge on any atom is 0.129 e. The summed E-state index contributed by atoms with van der Waals surface area (Å²) in [6.07, 6.45) is 0.719. The highest BCUT2D eigenvalue weighted by molar-refractivity contribution is 9.09. The second-order valence-electron chi connectivity index (χ2n) is 4.06. The van der Waals surface area contributed by atoms with Gasteiger partial charge in [-0.25, -0.2) is 8.78 Å². The largest absolute Gasteiger partial charge is 0.207 e. The van der Waals surface area contributed by atoms with Crippen LogP contribution in [0, 0.1) is 18.6 Å². The molecular formula is C12H15BrF2. The van der Waals surface area contributed by atoms with Crippen molar-refractivity contribution in [3.8, 4) is 0 Å². The molecular weight excluding hydrogens is 262 g/mol. The molecule has 2 unspecified atom stereocenters. The average Bonchev–Trinajstić information content (AvgIpc) is 1.99. The molecule has 15 heavy (non-hydrogen) atoms. The van der Waals surface area contributed by atoms with E-state index in [4.69, 9.17) is 0 Å². The lowest BCUT2D eigenvalue weighted by Gasteiger charge is -2.15. The number of benzene rings is 1. The Balaban J connectivity index is 3.03. The normalized spacial score (nSPS) is 15.1. The van der Waals surface area contributed by atoms with E-state index in [9.17, 15) is 8.78 Å². The van der Waals surface area contributed by atoms with Crippen molar-refractivity contribution in [1.82, 2.24) is 0 Å². The lowest BCUT2D eigenvalue weighted by Crippen LogP contribution is -2.06. The van der Waals surface area contributed by atoms with Crippen LogP contribution in [0.1, 0.15) is 37.3 Å². The molecule has 0 N–H and O–H groups in total. The van der Waals surface area contributed by atoms with Gasteiger partial charge in [0.2, 0.25) is 0 Å². The Labute approximate surface area is 97.8 Å². The first-order chi connectivity index (χ1) is 6.91. The monoisotopic (exact) mass is 276 g/mol. The Morgan fingerprint density at radius 1 is 1.20 bits per heavy atom. The van der Waals surface area contributed by atoms with Crippen LogP contribution in [0.5, 0.6) is 0 Å². The van der Waals surface area contributed by atoms with Gasteiger partial charge in [-0.1, -0.05) is 29.8 Å². The van der Waals surface area contributed by atoms with E-state index in [0.29, 0.717) is 5.56 Å². The number of alkyl halides is 1. The van der Waals surface area contributed by atoms with Gasteiger partial charge in [-0.2, -0.15) is 0 Å². The zero-order valence-electron chi connectivity index (χ0n) is 9.15. The maximum absolute atomic E-state index is 13.6. The van der Waals surface area contributed by atoms with Crippen molar-refractivity contribution in [2.45, 2.75) is 37.9 Å². The van der Waals surface area contributed by atoms with Crippen LogP contribution in [0.3, 0.4) is 0 Å². The summed E-state index contributed by atoms with van der Waals surface area (Å²) >= 11 is 3.39. The van der Waals surface area contributed by atoms with Gasteiger partial charge < -0.3 is 0 Å². The second kappa shape index (κ2) is 5.06. The SMILES string of the molecule is Cc1cc(F)c(C(C)CC(C)Br)c(F)c1. The summed E-state index contributed by atoms with van der Waals surface area (Å²) in [7, 11) is 0. The Bertz CT molecular complexity index is 324. The highest BCUT2D eigenvalue weighted by atomic mass is 79.9. The molecule has 0 heterocycles. The second-order valence-corrected chi connectivity index (χ2v) is 5.62. The summed E-state index contributed by atoms with van der Waals surface area (Å²) in [6.45, 7) is 5.50. The Kier molecular flexibility index (Phi) is 4.26. The predicted molar refractivity (Wildman–Crippen MR) is 62.5 cm³/mol. The minimum absolute atomic E-state index is 0.111. The summed E-state index contributed by atoms with van der Waals surface area (Å²) in [5.41, 5.74) is 0.819. The summed E-state index contributed by atoms with van der Waals surface area (Å²) in [5.74, 6) is -0.985. The van der Waals surface area contributed by atoms with Gasteiger partial charge in [-0.05, 0) is 37.0 Å². The van der Waals surface area contributed by atoms with Crippen LogP contribution in [-0.4, -0.2) is 4.83 Å². The van der Waals surface area contributed by atoms with Gasteiger partial charge in [0.15, 0.2) is 0 Å². The molecule has 0 nitrogen and oxygen atoms in total. The van der Waals surface area contributed by atoms with Crippen LogP contribution in [0.25, 0.3) is 0 Å². The van der Waals surface area contributed by atoms with Crippen LogP contribution >= 0.6 is 15.9 Å². The highest BCUT2D eigenvalue weighted by Gasteiger charge is 2.18. The zero-order valence-corrected chi connectivity index (χ0v) is 10.7. The number of hydrogen-bond acceptors (Lipinski definition) is 0. The lowest BCUT2D eigenvalue weighted by molar-refractivity contribution is 0.520. The molecule has 0 amide bonds. The molecule has 0 radical (unpaired) electrons. The lowest BCUT2D eigenvalue weighted by atomic mass is 9.94. The van der Waals surface area contributed by atoms with Crippen LogP contribution in [0.4, 0.5) is 8.78 Å². The first kappa shape index (κ1) is 12.6. The number of halogens is 3. The maximum atomic E-state index is 13.6. The van der Waals surface area contributed by atoms with E-state index in [-0.39, 0.29) is 16.3 Å². The molecule has 84 valence electrons. The number of hydrogen-bond donors (Lipinski definition) is 0. The van der Waals surface area contributed by atoms with Crippen molar-refractivity contribution < 1.29 is 8.78 Å². The van der Waals surface area contributed by atoms with Gasteiger partial charge in [-0.3, -0.25) is 0 Å². The summed E-state index contributed by atoms with van der Waals surface area (Å²) in [5, 5.41) is 0. The first-order valence-electron chi connectivity index (χ1n) is 5.01. The molecule has 0 bridgehead atoms. The van der Waals surface area contributed by atoms with E-state index < -0.39 is 11.6 Å². The molecule has 0 aliphatic heterocycles. The predicted octanol–water partition coefficient (Wildman–Crippen LogP) is 4.55. The molecule has 0 spiro atoms. The summed E-state index contributed by atoms with van der Waals surface area (Å²) in [4.78, 5) is 0.257. The minimum atomic E-state index is -0.437. The molecule has 1 aromatic carbocycles. The molecule has 2 atom stereocenters. The van der Waals surface area contributed by atoms with Gasteiger partial charge in [0.05, 0.1) is 0 Å². The fourth-order valence-corrected chi connectivity index (χ4v) is 2.35.